The smallest absolute Gasteiger partial charge is 0.416 e. The molecule has 2 aromatic heterocycles. The van der Waals surface area contributed by atoms with E-state index >= 15 is 4.39 Å². The molecule has 0 saturated carbocycles. The molecule has 0 spiro atoms. The van der Waals surface area contributed by atoms with Crippen molar-refractivity contribution < 1.29 is 42.5 Å². The first-order chi connectivity index (χ1) is 20.9. The minimum Gasteiger partial charge on any atom is -0.464 e. The first kappa shape index (κ1) is 32.7. The number of carbonyl (C=O) groups is 3. The van der Waals surface area contributed by atoms with Crippen LogP contribution in [0.25, 0.3) is 11.2 Å². The number of alkyl halides is 1. The molecule has 44 heavy (non-hydrogen) atoms. The van der Waals surface area contributed by atoms with Gasteiger partial charge in [-0.05, 0) is 47.1 Å². The molecule has 3 atom stereocenters. The number of ether oxygens (including phenoxy) is 5. The summed E-state index contributed by atoms with van der Waals surface area (Å²) in [5.41, 5.74) is 0.552. The van der Waals surface area contributed by atoms with Crippen LogP contribution in [0.3, 0.4) is 0 Å². The Kier molecular flexibility index (Phi) is 10.5. The molecule has 0 N–H and O–H groups in total. The van der Waals surface area contributed by atoms with E-state index in [9.17, 15) is 14.4 Å². The number of amides is 1. The van der Waals surface area contributed by atoms with E-state index in [2.05, 4.69) is 15.0 Å². The molecule has 4 rings (SSSR count). The molecule has 3 heterocycles. The molecule has 238 valence electrons. The Balaban J connectivity index is 1.60. The van der Waals surface area contributed by atoms with Gasteiger partial charge in [0.2, 0.25) is 0 Å². The van der Waals surface area contributed by atoms with Crippen LogP contribution in [0.5, 0.6) is 0 Å². The van der Waals surface area contributed by atoms with Crippen molar-refractivity contribution in [2.75, 3.05) is 24.7 Å². The largest absolute Gasteiger partial charge is 0.464 e. The van der Waals surface area contributed by atoms with Crippen LogP contribution in [0.15, 0.2) is 36.7 Å². The number of aryl methyl sites for hydroxylation is 1. The lowest BCUT2D eigenvalue weighted by Gasteiger charge is -2.27. The SMILES string of the molecule is CCOC(=O)C(OCC1CC(F)C(n2cnc3c(N(Cc4ccccc4)C(=O)OC(C)(C)C)nc(C)nc32)O1)C(=O)OCC. The van der Waals surface area contributed by atoms with Crippen molar-refractivity contribution in [1.29, 1.82) is 0 Å². The Morgan fingerprint density at radius 2 is 1.75 bits per heavy atom. The van der Waals surface area contributed by atoms with Gasteiger partial charge in [-0.1, -0.05) is 30.3 Å². The fraction of sp³-hybridized carbons (Fsp3) is 0.533. The lowest BCUT2D eigenvalue weighted by molar-refractivity contribution is -0.175. The van der Waals surface area contributed by atoms with Gasteiger partial charge < -0.3 is 23.7 Å². The highest BCUT2D eigenvalue weighted by Crippen LogP contribution is 2.35. The van der Waals surface area contributed by atoms with E-state index < -0.39 is 48.2 Å². The van der Waals surface area contributed by atoms with Gasteiger partial charge in [-0.15, -0.1) is 0 Å². The number of benzene rings is 1. The lowest BCUT2D eigenvalue weighted by Crippen LogP contribution is -2.38. The maximum Gasteiger partial charge on any atom is 0.416 e. The predicted molar refractivity (Wildman–Crippen MR) is 155 cm³/mol. The Labute approximate surface area is 254 Å². The zero-order chi connectivity index (χ0) is 32.0. The molecule has 1 amide bonds. The predicted octanol–water partition coefficient (Wildman–Crippen LogP) is 4.21. The highest BCUT2D eigenvalue weighted by atomic mass is 19.1. The fourth-order valence-electron chi connectivity index (χ4n) is 4.62. The molecular formula is C30H38FN5O8. The number of hydrogen-bond acceptors (Lipinski definition) is 11. The van der Waals surface area contributed by atoms with Gasteiger partial charge >= 0.3 is 18.0 Å². The molecule has 13 nitrogen and oxygen atoms in total. The highest BCUT2D eigenvalue weighted by molar-refractivity contribution is 5.98. The monoisotopic (exact) mass is 615 g/mol. The van der Waals surface area contributed by atoms with Crippen LogP contribution in [0.4, 0.5) is 15.0 Å². The zero-order valence-corrected chi connectivity index (χ0v) is 25.7. The van der Waals surface area contributed by atoms with Crippen LogP contribution in [0.1, 0.15) is 58.7 Å². The summed E-state index contributed by atoms with van der Waals surface area (Å²) in [7, 11) is 0. The van der Waals surface area contributed by atoms with Crippen LogP contribution < -0.4 is 4.90 Å². The fourth-order valence-corrected chi connectivity index (χ4v) is 4.62. The third-order valence-corrected chi connectivity index (χ3v) is 6.42. The quantitative estimate of drug-likeness (QED) is 0.174. The number of esters is 2. The Morgan fingerprint density at radius 1 is 1.09 bits per heavy atom. The van der Waals surface area contributed by atoms with Crippen molar-refractivity contribution in [3.63, 3.8) is 0 Å². The van der Waals surface area contributed by atoms with E-state index in [0.717, 1.165) is 5.56 Å². The average molecular weight is 616 g/mol. The van der Waals surface area contributed by atoms with E-state index in [-0.39, 0.29) is 49.8 Å². The number of halogens is 1. The molecule has 0 radical (unpaired) electrons. The molecule has 1 aliphatic rings. The Bertz CT molecular complexity index is 1440. The number of rotatable bonds is 11. The number of fused-ring (bicyclic) bond motifs is 1. The first-order valence-electron chi connectivity index (χ1n) is 14.4. The summed E-state index contributed by atoms with van der Waals surface area (Å²) in [6.45, 7) is 10.1. The second-order valence-electron chi connectivity index (χ2n) is 11.1. The van der Waals surface area contributed by atoms with Gasteiger partial charge in [0.15, 0.2) is 23.2 Å². The summed E-state index contributed by atoms with van der Waals surface area (Å²) in [5.74, 6) is -1.29. The van der Waals surface area contributed by atoms with Crippen LogP contribution in [-0.4, -0.2) is 81.4 Å². The van der Waals surface area contributed by atoms with E-state index in [4.69, 9.17) is 23.7 Å². The maximum absolute atomic E-state index is 15.4. The molecule has 14 heteroatoms. The molecule has 1 fully saturated rings. The minimum atomic E-state index is -1.62. The second-order valence-corrected chi connectivity index (χ2v) is 11.1. The zero-order valence-electron chi connectivity index (χ0n) is 25.7. The molecule has 1 saturated heterocycles. The van der Waals surface area contributed by atoms with Crippen LogP contribution in [0.2, 0.25) is 0 Å². The minimum absolute atomic E-state index is 0.0420. The van der Waals surface area contributed by atoms with Gasteiger partial charge in [-0.3, -0.25) is 9.47 Å². The topological polar surface area (TPSA) is 144 Å². The van der Waals surface area contributed by atoms with Crippen molar-refractivity contribution in [2.45, 2.75) is 84.7 Å². The maximum atomic E-state index is 15.4. The highest BCUT2D eigenvalue weighted by Gasteiger charge is 2.40. The van der Waals surface area contributed by atoms with E-state index in [1.54, 1.807) is 41.5 Å². The number of aromatic nitrogens is 4. The van der Waals surface area contributed by atoms with Gasteiger partial charge in [-0.25, -0.2) is 33.7 Å². The second kappa shape index (κ2) is 14.1. The molecule has 3 unspecified atom stereocenters. The van der Waals surface area contributed by atoms with Crippen molar-refractivity contribution in [3.05, 3.63) is 48.0 Å². The summed E-state index contributed by atoms with van der Waals surface area (Å²) in [6, 6.07) is 9.34. The average Bonchev–Trinajstić information content (AvgIpc) is 3.54. The number of nitrogens with zero attached hydrogens (tertiary/aromatic N) is 5. The Hall–Kier alpha value is -4.17. The van der Waals surface area contributed by atoms with Crippen LogP contribution >= 0.6 is 0 Å². The van der Waals surface area contributed by atoms with E-state index in [1.807, 2.05) is 30.3 Å². The van der Waals surface area contributed by atoms with Gasteiger partial charge in [0.1, 0.15) is 17.6 Å². The van der Waals surface area contributed by atoms with Gasteiger partial charge in [0, 0.05) is 6.42 Å². The number of imidazole rings is 1. The lowest BCUT2D eigenvalue weighted by atomic mass is 10.2. The molecule has 0 bridgehead atoms. The van der Waals surface area contributed by atoms with Gasteiger partial charge in [-0.2, -0.15) is 0 Å². The van der Waals surface area contributed by atoms with Crippen molar-refractivity contribution in [3.8, 4) is 0 Å². The van der Waals surface area contributed by atoms with E-state index in [0.29, 0.717) is 5.82 Å². The van der Waals surface area contributed by atoms with Crippen LogP contribution in [0, 0.1) is 6.92 Å². The van der Waals surface area contributed by atoms with Crippen molar-refractivity contribution in [2.24, 2.45) is 0 Å². The standard InChI is InChI=1S/C30H38FN5O8/c1-7-40-27(37)23(28(38)41-8-2)42-16-20-14-21(31)26(43-20)36-17-32-22-24(33-18(3)34-25(22)36)35(29(39)44-30(4,5)6)15-19-12-10-9-11-13-19/h9-13,17,20-21,23,26H,7-8,14-16H2,1-6H3. The third-order valence-electron chi connectivity index (χ3n) is 6.42. The Morgan fingerprint density at radius 3 is 2.36 bits per heavy atom. The van der Waals surface area contributed by atoms with Crippen molar-refractivity contribution >= 4 is 35.0 Å². The molecule has 1 aliphatic heterocycles. The summed E-state index contributed by atoms with van der Waals surface area (Å²) in [4.78, 5) is 52.8. The summed E-state index contributed by atoms with van der Waals surface area (Å²) in [6.07, 6.45) is -4.43. The van der Waals surface area contributed by atoms with Crippen molar-refractivity contribution in [1.82, 2.24) is 19.5 Å². The summed E-state index contributed by atoms with van der Waals surface area (Å²) < 4.78 is 43.8. The summed E-state index contributed by atoms with van der Waals surface area (Å²) in [5, 5.41) is 0. The normalized spacial score (nSPS) is 18.4. The number of hydrogen-bond donors (Lipinski definition) is 0. The molecule has 0 aliphatic carbocycles. The third kappa shape index (κ3) is 7.85. The number of anilines is 1. The number of carbonyl (C=O) groups excluding carboxylic acids is 3. The molecule has 1 aromatic carbocycles. The molecular weight excluding hydrogens is 577 g/mol. The van der Waals surface area contributed by atoms with Gasteiger partial charge in [0.25, 0.3) is 6.10 Å². The first-order valence-corrected chi connectivity index (χ1v) is 14.4. The van der Waals surface area contributed by atoms with E-state index in [1.165, 1.54) is 15.8 Å². The molecule has 3 aromatic rings. The summed E-state index contributed by atoms with van der Waals surface area (Å²) >= 11 is 0. The van der Waals surface area contributed by atoms with Crippen LogP contribution in [-0.2, 0) is 39.8 Å². The van der Waals surface area contributed by atoms with Gasteiger partial charge in [0.05, 0.1) is 38.8 Å².